The fraction of sp³-hybridized carbons (Fsp3) is 0.0606. The van der Waals surface area contributed by atoms with Crippen LogP contribution in [-0.4, -0.2) is 36.0 Å². The van der Waals surface area contributed by atoms with Crippen LogP contribution in [0.5, 0.6) is 11.5 Å². The van der Waals surface area contributed by atoms with E-state index in [2.05, 4.69) is 77.7 Å². The fourth-order valence-corrected chi connectivity index (χ4v) is 8.39. The van der Waals surface area contributed by atoms with Gasteiger partial charge in [0, 0.05) is 30.6 Å². The van der Waals surface area contributed by atoms with Crippen molar-refractivity contribution in [1.82, 2.24) is 15.0 Å². The van der Waals surface area contributed by atoms with E-state index in [9.17, 15) is 9.59 Å². The minimum atomic E-state index is -1.75. The summed E-state index contributed by atoms with van der Waals surface area (Å²) < 4.78 is 10.1. The van der Waals surface area contributed by atoms with Crippen molar-refractivity contribution in [1.29, 1.82) is 0 Å². The molecule has 1 aliphatic heterocycles. The molecule has 7 nitrogen and oxygen atoms in total. The molecule has 8 heteroatoms. The molecule has 0 unspecified atom stereocenters. The first-order chi connectivity index (χ1) is 20.0. The number of ether oxygens (including phenoxy) is 2. The van der Waals surface area contributed by atoms with Gasteiger partial charge < -0.3 is 9.47 Å². The monoisotopic (exact) mass is 555 g/mol. The second kappa shape index (κ2) is 10.7. The number of fused-ring (bicyclic) bond motifs is 3. The lowest BCUT2D eigenvalue weighted by atomic mass is 10.0. The van der Waals surface area contributed by atoms with E-state index in [-0.39, 0.29) is 5.75 Å². The van der Waals surface area contributed by atoms with Crippen LogP contribution in [0.25, 0.3) is 46.1 Å². The molecule has 0 spiro atoms. The largest absolute Gasteiger partial charge is 0.429 e. The molecule has 0 bridgehead atoms. The molecule has 0 amide bonds. The average Bonchev–Trinajstić information content (AvgIpc) is 3.23. The Morgan fingerprint density at radius 3 is 1.98 bits per heavy atom. The first-order valence-electron chi connectivity index (χ1n) is 13.0. The van der Waals surface area contributed by atoms with E-state index in [1.54, 1.807) is 30.5 Å². The molecule has 3 aromatic heterocycles. The number of hydrogen-bond donors (Lipinski definition) is 0. The molecular weight excluding hydrogens is 530 g/mol. The molecule has 0 saturated carbocycles. The summed E-state index contributed by atoms with van der Waals surface area (Å²) in [7, 11) is -1.75. The Hall–Kier alpha value is -5.21. The third-order valence-electron chi connectivity index (χ3n) is 7.28. The summed E-state index contributed by atoms with van der Waals surface area (Å²) >= 11 is 0. The number of carbonyl (C=O) groups excluding carboxylic acids is 2. The predicted octanol–water partition coefficient (Wildman–Crippen LogP) is 5.25. The van der Waals surface area contributed by atoms with Gasteiger partial charge in [0.2, 0.25) is 0 Å². The van der Waals surface area contributed by atoms with Gasteiger partial charge in [-0.3, -0.25) is 19.6 Å². The molecule has 0 fully saturated rings. The topological polar surface area (TPSA) is 91.3 Å². The molecule has 200 valence electrons. The van der Waals surface area contributed by atoms with Crippen LogP contribution in [0.4, 0.5) is 0 Å². The number of nitrogens with zero attached hydrogens (tertiary/aromatic N) is 3. The number of aromatic nitrogens is 3. The van der Waals surface area contributed by atoms with Crippen molar-refractivity contribution >= 4 is 43.5 Å². The molecule has 2 aromatic carbocycles. The second-order valence-corrected chi connectivity index (χ2v) is 14.5. The third-order valence-corrected chi connectivity index (χ3v) is 10.8. The van der Waals surface area contributed by atoms with Crippen LogP contribution in [0.1, 0.15) is 11.1 Å². The maximum Gasteiger partial charge on any atom is 0.298 e. The minimum absolute atomic E-state index is 0.289. The van der Waals surface area contributed by atoms with Crippen LogP contribution >= 0.6 is 0 Å². The number of hydrogen-bond acceptors (Lipinski definition) is 7. The van der Waals surface area contributed by atoms with E-state index in [1.165, 1.54) is 27.7 Å². The fourth-order valence-electron chi connectivity index (χ4n) is 5.28. The van der Waals surface area contributed by atoms with E-state index in [0.29, 0.717) is 41.5 Å². The molecule has 0 radical (unpaired) electrons. The first kappa shape index (κ1) is 26.0. The molecule has 0 atom stereocenters. The third kappa shape index (κ3) is 5.08. The zero-order chi connectivity index (χ0) is 28.4. The Morgan fingerprint density at radius 1 is 0.610 bits per heavy atom. The van der Waals surface area contributed by atoms with Gasteiger partial charge in [-0.1, -0.05) is 67.7 Å². The van der Waals surface area contributed by atoms with Crippen LogP contribution < -0.4 is 19.8 Å². The molecule has 6 rings (SSSR count). The first-order valence-corrected chi connectivity index (χ1v) is 16.0. The summed E-state index contributed by atoms with van der Waals surface area (Å²) in [5.41, 5.74) is 6.77. The summed E-state index contributed by atoms with van der Waals surface area (Å²) in [6.07, 6.45) is 7.39. The van der Waals surface area contributed by atoms with E-state index in [0.717, 1.165) is 11.1 Å². The number of benzene rings is 2. The van der Waals surface area contributed by atoms with Gasteiger partial charge in [0.1, 0.15) is 19.6 Å². The van der Waals surface area contributed by atoms with E-state index < -0.39 is 8.07 Å². The smallest absolute Gasteiger partial charge is 0.298 e. The van der Waals surface area contributed by atoms with Crippen molar-refractivity contribution in [2.75, 3.05) is 0 Å². The Labute approximate surface area is 238 Å². The molecule has 41 heavy (non-hydrogen) atoms. The van der Waals surface area contributed by atoms with E-state index in [4.69, 9.17) is 14.5 Å². The highest BCUT2D eigenvalue weighted by molar-refractivity contribution is 7.03. The van der Waals surface area contributed by atoms with Crippen molar-refractivity contribution in [2.24, 2.45) is 0 Å². The van der Waals surface area contributed by atoms with Crippen molar-refractivity contribution in [3.63, 3.8) is 0 Å². The Morgan fingerprint density at radius 2 is 1.22 bits per heavy atom. The summed E-state index contributed by atoms with van der Waals surface area (Å²) in [5.74, 6) is 0.610. The maximum atomic E-state index is 11.1. The lowest BCUT2D eigenvalue weighted by Gasteiger charge is -2.18. The van der Waals surface area contributed by atoms with E-state index in [1.807, 2.05) is 12.1 Å². The van der Waals surface area contributed by atoms with Gasteiger partial charge in [0.15, 0.2) is 0 Å². The molecule has 0 saturated heterocycles. The lowest BCUT2D eigenvalue weighted by Crippen LogP contribution is -2.49. The summed E-state index contributed by atoms with van der Waals surface area (Å²) in [6, 6.07) is 25.7. The Balaban J connectivity index is 1.32. The zero-order valence-corrected chi connectivity index (χ0v) is 23.4. The van der Waals surface area contributed by atoms with Gasteiger partial charge in [-0.05, 0) is 50.8 Å². The van der Waals surface area contributed by atoms with Crippen LogP contribution in [-0.2, 0) is 9.59 Å². The highest BCUT2D eigenvalue weighted by Gasteiger charge is 2.36. The van der Waals surface area contributed by atoms with Crippen molar-refractivity contribution in [3.8, 4) is 45.4 Å². The summed E-state index contributed by atoms with van der Waals surface area (Å²) in [6.45, 7) is 5.52. The van der Waals surface area contributed by atoms with Gasteiger partial charge in [0.25, 0.3) is 12.9 Å². The highest BCUT2D eigenvalue weighted by atomic mass is 28.3. The van der Waals surface area contributed by atoms with Crippen LogP contribution in [0.3, 0.4) is 0 Å². The van der Waals surface area contributed by atoms with Crippen LogP contribution in [0.2, 0.25) is 13.1 Å². The maximum absolute atomic E-state index is 11.1. The number of carbonyl (C=O) groups is 2. The minimum Gasteiger partial charge on any atom is -0.429 e. The Kier molecular flexibility index (Phi) is 6.82. The van der Waals surface area contributed by atoms with Crippen molar-refractivity contribution < 1.29 is 19.1 Å². The Bertz CT molecular complexity index is 1830. The van der Waals surface area contributed by atoms with Gasteiger partial charge >= 0.3 is 0 Å². The van der Waals surface area contributed by atoms with Crippen molar-refractivity contribution in [3.05, 3.63) is 102 Å². The standard InChI is InChI=1S/C33H25N3O4Si/c1-41(2)32-6-4-3-5-26(32)27-10-9-22(16-33(27)41)7-8-23-11-13-34-28(15-23)30-18-25(40-21-38)19-31(36-30)29-17-24(39-20-37)12-14-35-29/h3-21H,1-2H3/b8-7+. The summed E-state index contributed by atoms with van der Waals surface area (Å²) in [5, 5.41) is 2.94. The second-order valence-electron chi connectivity index (χ2n) is 10.2. The normalized spacial score (nSPS) is 12.9. The SMILES string of the molecule is C[Si]1(C)c2ccccc2-c2ccc(/C=C/c3ccnc(-c4cc(OC=O)cc(-c5cc(OC=O)ccn5)n4)c3)cc21. The quantitative estimate of drug-likeness (QED) is 0.191. The van der Waals surface area contributed by atoms with Gasteiger partial charge in [0.05, 0.1) is 22.8 Å². The van der Waals surface area contributed by atoms with Crippen molar-refractivity contribution in [2.45, 2.75) is 13.1 Å². The number of rotatable bonds is 8. The van der Waals surface area contributed by atoms with Crippen LogP contribution in [0, 0.1) is 0 Å². The molecular formula is C33H25N3O4Si. The van der Waals surface area contributed by atoms with Gasteiger partial charge in [-0.25, -0.2) is 4.98 Å². The summed E-state index contributed by atoms with van der Waals surface area (Å²) in [4.78, 5) is 35.4. The van der Waals surface area contributed by atoms with Crippen LogP contribution in [0.15, 0.2) is 91.3 Å². The van der Waals surface area contributed by atoms with E-state index >= 15 is 0 Å². The number of pyridine rings is 3. The molecule has 0 N–H and O–H groups in total. The average molecular weight is 556 g/mol. The predicted molar refractivity (Wildman–Crippen MR) is 162 cm³/mol. The zero-order valence-electron chi connectivity index (χ0n) is 22.4. The lowest BCUT2D eigenvalue weighted by molar-refractivity contribution is -0.121. The molecule has 4 heterocycles. The van der Waals surface area contributed by atoms with Gasteiger partial charge in [-0.15, -0.1) is 0 Å². The van der Waals surface area contributed by atoms with Gasteiger partial charge in [-0.2, -0.15) is 0 Å². The molecule has 0 aliphatic carbocycles. The molecule has 1 aliphatic rings. The highest BCUT2D eigenvalue weighted by Crippen LogP contribution is 2.30. The molecule has 5 aromatic rings.